The molecule has 20 heavy (non-hydrogen) atoms. The second-order valence-electron chi connectivity index (χ2n) is 5.39. The minimum atomic E-state index is -0.543. The Balaban J connectivity index is 2.10. The topological polar surface area (TPSA) is 47.3 Å². The van der Waals surface area contributed by atoms with E-state index in [9.17, 15) is 5.11 Å². The van der Waals surface area contributed by atoms with Crippen LogP contribution in [0.2, 0.25) is 0 Å². The normalized spacial score (nSPS) is 12.7. The zero-order valence-electron chi connectivity index (χ0n) is 12.5. The van der Waals surface area contributed by atoms with Crippen LogP contribution in [-0.4, -0.2) is 14.9 Å². The molecule has 0 aliphatic carbocycles. The summed E-state index contributed by atoms with van der Waals surface area (Å²) in [4.78, 5) is 0. The third kappa shape index (κ3) is 3.39. The minimum Gasteiger partial charge on any atom is -0.487 e. The monoisotopic (exact) mass is 274 g/mol. The van der Waals surface area contributed by atoms with Crippen LogP contribution in [0.1, 0.15) is 49.7 Å². The van der Waals surface area contributed by atoms with Gasteiger partial charge in [0, 0.05) is 17.8 Å². The van der Waals surface area contributed by atoms with Gasteiger partial charge in [0.15, 0.2) is 0 Å². The Kier molecular flexibility index (Phi) is 4.45. The van der Waals surface area contributed by atoms with Gasteiger partial charge >= 0.3 is 0 Å². The average Bonchev–Trinajstić information content (AvgIpc) is 2.86. The molecule has 0 radical (unpaired) electrons. The molecule has 0 spiro atoms. The van der Waals surface area contributed by atoms with Gasteiger partial charge in [-0.3, -0.25) is 4.68 Å². The highest BCUT2D eigenvalue weighted by Gasteiger charge is 2.10. The number of hydrogen-bond donors (Lipinski definition) is 1. The van der Waals surface area contributed by atoms with Gasteiger partial charge in [-0.25, -0.2) is 0 Å². The van der Waals surface area contributed by atoms with Crippen molar-refractivity contribution in [3.63, 3.8) is 0 Å². The molecule has 1 atom stereocenters. The molecule has 1 N–H and O–H groups in total. The Bertz CT molecular complexity index is 574. The SMILES string of the molecule is Cc1ccc(OCc2ccn(C(C)C)n2)c([C@@H](C)O)c1. The Morgan fingerprint density at radius 3 is 2.60 bits per heavy atom. The highest BCUT2D eigenvalue weighted by molar-refractivity contribution is 5.38. The standard InChI is InChI=1S/C16H22N2O2/c1-11(2)18-8-7-14(17-18)10-20-16-6-5-12(3)9-15(16)13(4)19/h5-9,11,13,19H,10H2,1-4H3/t13-/m1/s1. The van der Waals surface area contributed by atoms with Crippen molar-refractivity contribution in [2.75, 3.05) is 0 Å². The number of nitrogens with zero attached hydrogens (tertiary/aromatic N) is 2. The summed E-state index contributed by atoms with van der Waals surface area (Å²) in [5, 5.41) is 14.2. The van der Waals surface area contributed by atoms with Crippen LogP contribution in [0.3, 0.4) is 0 Å². The summed E-state index contributed by atoms with van der Waals surface area (Å²) < 4.78 is 7.70. The fourth-order valence-electron chi connectivity index (χ4n) is 2.02. The maximum absolute atomic E-state index is 9.80. The summed E-state index contributed by atoms with van der Waals surface area (Å²) in [6.07, 6.45) is 1.41. The molecule has 1 aromatic carbocycles. The number of aromatic nitrogens is 2. The van der Waals surface area contributed by atoms with E-state index in [1.165, 1.54) is 0 Å². The lowest BCUT2D eigenvalue weighted by Crippen LogP contribution is -2.05. The lowest BCUT2D eigenvalue weighted by atomic mass is 10.1. The Labute approximate surface area is 120 Å². The summed E-state index contributed by atoms with van der Waals surface area (Å²) in [7, 11) is 0. The van der Waals surface area contributed by atoms with Gasteiger partial charge in [-0.15, -0.1) is 0 Å². The first-order valence-corrected chi connectivity index (χ1v) is 6.93. The Morgan fingerprint density at radius 2 is 2.00 bits per heavy atom. The summed E-state index contributed by atoms with van der Waals surface area (Å²) in [6, 6.07) is 8.13. The molecule has 4 heteroatoms. The first kappa shape index (κ1) is 14.6. The third-order valence-corrected chi connectivity index (χ3v) is 3.18. The van der Waals surface area contributed by atoms with Crippen LogP contribution in [0.25, 0.3) is 0 Å². The van der Waals surface area contributed by atoms with E-state index in [0.29, 0.717) is 18.4 Å². The maximum atomic E-state index is 9.80. The smallest absolute Gasteiger partial charge is 0.132 e. The summed E-state index contributed by atoms with van der Waals surface area (Å²) >= 11 is 0. The van der Waals surface area contributed by atoms with Gasteiger partial charge in [0.25, 0.3) is 0 Å². The van der Waals surface area contributed by atoms with Crippen molar-refractivity contribution in [3.05, 3.63) is 47.3 Å². The summed E-state index contributed by atoms with van der Waals surface area (Å²) in [5.41, 5.74) is 2.81. The first-order valence-electron chi connectivity index (χ1n) is 6.93. The lowest BCUT2D eigenvalue weighted by molar-refractivity contribution is 0.189. The highest BCUT2D eigenvalue weighted by atomic mass is 16.5. The van der Waals surface area contributed by atoms with Crippen molar-refractivity contribution in [1.82, 2.24) is 9.78 Å². The van der Waals surface area contributed by atoms with Crippen molar-refractivity contribution in [3.8, 4) is 5.75 Å². The Hall–Kier alpha value is -1.81. The predicted octanol–water partition coefficient (Wildman–Crippen LogP) is 3.40. The van der Waals surface area contributed by atoms with Gasteiger partial charge in [-0.1, -0.05) is 11.6 Å². The number of ether oxygens (including phenoxy) is 1. The fraction of sp³-hybridized carbons (Fsp3) is 0.438. The number of benzene rings is 1. The van der Waals surface area contributed by atoms with Crippen LogP contribution in [0.4, 0.5) is 0 Å². The molecular formula is C16H22N2O2. The molecule has 4 nitrogen and oxygen atoms in total. The number of aliphatic hydroxyl groups is 1. The van der Waals surface area contributed by atoms with Crippen molar-refractivity contribution in [1.29, 1.82) is 0 Å². The third-order valence-electron chi connectivity index (χ3n) is 3.18. The molecule has 0 aliphatic rings. The molecule has 0 amide bonds. The second-order valence-corrected chi connectivity index (χ2v) is 5.39. The van der Waals surface area contributed by atoms with Gasteiger partial charge in [0.1, 0.15) is 12.4 Å². The van der Waals surface area contributed by atoms with E-state index < -0.39 is 6.10 Å². The second kappa shape index (κ2) is 6.09. The van der Waals surface area contributed by atoms with Gasteiger partial charge in [-0.05, 0) is 45.9 Å². The minimum absolute atomic E-state index is 0.344. The molecule has 0 saturated carbocycles. The molecule has 0 bridgehead atoms. The summed E-state index contributed by atoms with van der Waals surface area (Å²) in [6.45, 7) is 8.32. The van der Waals surface area contributed by atoms with Crippen LogP contribution >= 0.6 is 0 Å². The largest absolute Gasteiger partial charge is 0.487 e. The van der Waals surface area contributed by atoms with E-state index in [0.717, 1.165) is 16.8 Å². The molecule has 0 fully saturated rings. The predicted molar refractivity (Wildman–Crippen MR) is 78.8 cm³/mol. The zero-order chi connectivity index (χ0) is 14.7. The average molecular weight is 274 g/mol. The van der Waals surface area contributed by atoms with Crippen molar-refractivity contribution < 1.29 is 9.84 Å². The molecule has 2 rings (SSSR count). The van der Waals surface area contributed by atoms with E-state index in [1.807, 2.05) is 42.1 Å². The van der Waals surface area contributed by atoms with E-state index in [2.05, 4.69) is 18.9 Å². The molecule has 108 valence electrons. The molecule has 0 saturated heterocycles. The van der Waals surface area contributed by atoms with Crippen molar-refractivity contribution >= 4 is 0 Å². The number of hydrogen-bond acceptors (Lipinski definition) is 3. The van der Waals surface area contributed by atoms with Crippen LogP contribution in [0.15, 0.2) is 30.5 Å². The number of aryl methyl sites for hydroxylation is 1. The van der Waals surface area contributed by atoms with Gasteiger partial charge in [-0.2, -0.15) is 5.10 Å². The summed E-state index contributed by atoms with van der Waals surface area (Å²) in [5.74, 6) is 0.713. The maximum Gasteiger partial charge on any atom is 0.132 e. The zero-order valence-corrected chi connectivity index (χ0v) is 12.5. The Morgan fingerprint density at radius 1 is 1.25 bits per heavy atom. The molecular weight excluding hydrogens is 252 g/mol. The van der Waals surface area contributed by atoms with Gasteiger partial charge in [0.05, 0.1) is 11.8 Å². The van der Waals surface area contributed by atoms with Crippen molar-refractivity contribution in [2.45, 2.75) is 46.4 Å². The number of rotatable bonds is 5. The highest BCUT2D eigenvalue weighted by Crippen LogP contribution is 2.26. The van der Waals surface area contributed by atoms with E-state index in [4.69, 9.17) is 4.74 Å². The van der Waals surface area contributed by atoms with Gasteiger partial charge in [0.2, 0.25) is 0 Å². The quantitative estimate of drug-likeness (QED) is 0.909. The van der Waals surface area contributed by atoms with Crippen LogP contribution < -0.4 is 4.74 Å². The first-order chi connectivity index (χ1) is 9.47. The van der Waals surface area contributed by atoms with Gasteiger partial charge < -0.3 is 9.84 Å². The molecule has 1 heterocycles. The van der Waals surface area contributed by atoms with Crippen LogP contribution in [-0.2, 0) is 6.61 Å². The van der Waals surface area contributed by atoms with Crippen LogP contribution in [0.5, 0.6) is 5.75 Å². The van der Waals surface area contributed by atoms with Crippen molar-refractivity contribution in [2.24, 2.45) is 0 Å². The van der Waals surface area contributed by atoms with E-state index >= 15 is 0 Å². The molecule has 0 aliphatic heterocycles. The molecule has 0 unspecified atom stereocenters. The van der Waals surface area contributed by atoms with E-state index in [1.54, 1.807) is 6.92 Å². The number of aliphatic hydroxyl groups excluding tert-OH is 1. The fourth-order valence-corrected chi connectivity index (χ4v) is 2.02. The van der Waals surface area contributed by atoms with Crippen LogP contribution in [0, 0.1) is 6.92 Å². The van der Waals surface area contributed by atoms with E-state index in [-0.39, 0.29) is 0 Å². The lowest BCUT2D eigenvalue weighted by Gasteiger charge is -2.13. The molecule has 1 aromatic heterocycles. The molecule has 2 aromatic rings.